The molecule has 1 N–H and O–H groups in total. The average Bonchev–Trinajstić information content (AvgIpc) is 2.90. The molecule has 2 aromatic rings. The fourth-order valence-electron chi connectivity index (χ4n) is 1.50. The van der Waals surface area contributed by atoms with Gasteiger partial charge in [-0.3, -0.25) is 4.79 Å². The number of carbonyl (C=O) groups excluding carboxylic acids is 1. The van der Waals surface area contributed by atoms with E-state index in [0.29, 0.717) is 10.6 Å². The van der Waals surface area contributed by atoms with E-state index in [2.05, 4.69) is 15.5 Å². The van der Waals surface area contributed by atoms with Gasteiger partial charge in [0.05, 0.1) is 5.75 Å². The molecule has 0 saturated carbocycles. The van der Waals surface area contributed by atoms with Crippen molar-refractivity contribution in [3.63, 3.8) is 0 Å². The molecule has 1 aromatic carbocycles. The maximum absolute atomic E-state index is 12.3. The van der Waals surface area contributed by atoms with E-state index in [1.165, 1.54) is 0 Å². The molecule has 22 heavy (non-hydrogen) atoms. The van der Waals surface area contributed by atoms with E-state index in [4.69, 9.17) is 11.6 Å². The monoisotopic (exact) mass is 359 g/mol. The number of sulfone groups is 1. The minimum absolute atomic E-state index is 0.124. The van der Waals surface area contributed by atoms with Crippen molar-refractivity contribution in [2.24, 2.45) is 5.92 Å². The van der Waals surface area contributed by atoms with Gasteiger partial charge in [-0.05, 0) is 17.7 Å². The number of carbonyl (C=O) groups is 1. The third-order valence-corrected chi connectivity index (χ3v) is 5.92. The summed E-state index contributed by atoms with van der Waals surface area (Å²) in [5.74, 6) is -0.660. The fraction of sp³-hybridized carbons (Fsp3) is 0.308. The molecule has 1 heterocycles. The van der Waals surface area contributed by atoms with E-state index in [0.717, 1.165) is 11.3 Å². The summed E-state index contributed by atoms with van der Waals surface area (Å²) in [5.41, 5.74) is 0.604. The summed E-state index contributed by atoms with van der Waals surface area (Å²) >= 11 is 6.61. The molecule has 0 spiro atoms. The molecule has 1 aromatic heterocycles. The molecular weight excluding hydrogens is 346 g/mol. The molecule has 6 nitrogen and oxygen atoms in total. The molecule has 0 aliphatic carbocycles. The van der Waals surface area contributed by atoms with Gasteiger partial charge in [0.2, 0.25) is 25.2 Å². The van der Waals surface area contributed by atoms with Crippen molar-refractivity contribution in [2.45, 2.75) is 23.9 Å². The van der Waals surface area contributed by atoms with Gasteiger partial charge in [0.1, 0.15) is 0 Å². The van der Waals surface area contributed by atoms with Crippen molar-refractivity contribution < 1.29 is 13.2 Å². The fourth-order valence-corrected chi connectivity index (χ4v) is 3.95. The summed E-state index contributed by atoms with van der Waals surface area (Å²) in [6.07, 6.45) is 0. The lowest BCUT2D eigenvalue weighted by Gasteiger charge is -2.02. The molecule has 0 fully saturated rings. The second kappa shape index (κ2) is 6.72. The van der Waals surface area contributed by atoms with Crippen LogP contribution >= 0.6 is 22.9 Å². The summed E-state index contributed by atoms with van der Waals surface area (Å²) < 4.78 is 24.4. The smallest absolute Gasteiger partial charge is 0.234 e. The molecule has 0 saturated heterocycles. The van der Waals surface area contributed by atoms with Crippen LogP contribution < -0.4 is 5.32 Å². The first-order valence-corrected chi connectivity index (χ1v) is 9.24. The third kappa shape index (κ3) is 4.25. The van der Waals surface area contributed by atoms with E-state index in [1.54, 1.807) is 38.1 Å². The molecule has 9 heteroatoms. The van der Waals surface area contributed by atoms with Crippen LogP contribution in [0.2, 0.25) is 5.02 Å². The SMILES string of the molecule is CC(C)C(=O)Nc1nnc(S(=O)(=O)Cc2ccc(Cl)cc2)s1. The van der Waals surface area contributed by atoms with Gasteiger partial charge in [0.15, 0.2) is 0 Å². The maximum atomic E-state index is 12.3. The zero-order chi connectivity index (χ0) is 16.3. The van der Waals surface area contributed by atoms with Crippen LogP contribution in [-0.2, 0) is 20.4 Å². The Labute approximate surface area is 137 Å². The highest BCUT2D eigenvalue weighted by atomic mass is 35.5. The number of aromatic nitrogens is 2. The van der Waals surface area contributed by atoms with E-state index < -0.39 is 9.84 Å². The van der Waals surface area contributed by atoms with E-state index >= 15 is 0 Å². The van der Waals surface area contributed by atoms with Gasteiger partial charge < -0.3 is 5.32 Å². The molecule has 2 rings (SSSR count). The zero-order valence-corrected chi connectivity index (χ0v) is 14.3. The first-order chi connectivity index (χ1) is 10.3. The second-order valence-corrected chi connectivity index (χ2v) is 8.48. The van der Waals surface area contributed by atoms with Crippen LogP contribution in [0, 0.1) is 5.92 Å². The van der Waals surface area contributed by atoms with Gasteiger partial charge in [-0.25, -0.2) is 8.42 Å². The van der Waals surface area contributed by atoms with Gasteiger partial charge in [0.25, 0.3) is 0 Å². The van der Waals surface area contributed by atoms with E-state index in [1.807, 2.05) is 0 Å². The Morgan fingerprint density at radius 1 is 1.27 bits per heavy atom. The van der Waals surface area contributed by atoms with Crippen LogP contribution in [0.5, 0.6) is 0 Å². The van der Waals surface area contributed by atoms with Crippen LogP contribution in [0.1, 0.15) is 19.4 Å². The van der Waals surface area contributed by atoms with Crippen LogP contribution in [0.3, 0.4) is 0 Å². The molecule has 0 bridgehead atoms. The summed E-state index contributed by atoms with van der Waals surface area (Å²) in [7, 11) is -3.61. The first-order valence-electron chi connectivity index (χ1n) is 6.39. The highest BCUT2D eigenvalue weighted by molar-refractivity contribution is 7.92. The molecule has 0 aliphatic rings. The molecule has 1 amide bonds. The number of amides is 1. The van der Waals surface area contributed by atoms with Crippen molar-refractivity contribution in [3.8, 4) is 0 Å². The standard InChI is InChI=1S/C13H14ClN3O3S2/c1-8(2)11(18)15-12-16-17-13(21-12)22(19,20)7-9-3-5-10(14)6-4-9/h3-6,8H,7H2,1-2H3,(H,15,16,18). The lowest BCUT2D eigenvalue weighted by Crippen LogP contribution is -2.17. The Bertz CT molecular complexity index is 770. The lowest BCUT2D eigenvalue weighted by atomic mass is 10.2. The number of rotatable bonds is 5. The van der Waals surface area contributed by atoms with Gasteiger partial charge in [-0.1, -0.05) is 48.9 Å². The molecule has 0 atom stereocenters. The molecule has 0 radical (unpaired) electrons. The van der Waals surface area contributed by atoms with Crippen molar-refractivity contribution in [3.05, 3.63) is 34.9 Å². The minimum Gasteiger partial charge on any atom is -0.300 e. The molecular formula is C13H14ClN3O3S2. The summed E-state index contributed by atoms with van der Waals surface area (Å²) in [5, 5.41) is 10.6. The summed E-state index contributed by atoms with van der Waals surface area (Å²) in [4.78, 5) is 11.6. The minimum atomic E-state index is -3.61. The first kappa shape index (κ1) is 16.9. The number of nitrogens with one attached hydrogen (secondary N) is 1. The lowest BCUT2D eigenvalue weighted by molar-refractivity contribution is -0.118. The Morgan fingerprint density at radius 2 is 1.91 bits per heavy atom. The normalized spacial score (nSPS) is 11.6. The Kier molecular flexibility index (Phi) is 5.15. The highest BCUT2D eigenvalue weighted by Crippen LogP contribution is 2.24. The average molecular weight is 360 g/mol. The Balaban J connectivity index is 2.14. The topological polar surface area (TPSA) is 89.0 Å². The van der Waals surface area contributed by atoms with Crippen molar-refractivity contribution >= 4 is 43.8 Å². The number of nitrogens with zero attached hydrogens (tertiary/aromatic N) is 2. The van der Waals surface area contributed by atoms with Crippen LogP contribution in [0.15, 0.2) is 28.6 Å². The summed E-state index contributed by atoms with van der Waals surface area (Å²) in [6.45, 7) is 3.46. The molecule has 0 aliphatic heterocycles. The molecule has 0 unspecified atom stereocenters. The van der Waals surface area contributed by atoms with Crippen LogP contribution in [0.4, 0.5) is 5.13 Å². The zero-order valence-electron chi connectivity index (χ0n) is 11.9. The number of hydrogen-bond donors (Lipinski definition) is 1. The van der Waals surface area contributed by atoms with Crippen LogP contribution in [0.25, 0.3) is 0 Å². The number of hydrogen-bond acceptors (Lipinski definition) is 6. The molecule has 118 valence electrons. The van der Waals surface area contributed by atoms with E-state index in [9.17, 15) is 13.2 Å². The van der Waals surface area contributed by atoms with Crippen molar-refractivity contribution in [1.82, 2.24) is 10.2 Å². The van der Waals surface area contributed by atoms with Crippen molar-refractivity contribution in [2.75, 3.05) is 5.32 Å². The number of benzene rings is 1. The number of anilines is 1. The highest BCUT2D eigenvalue weighted by Gasteiger charge is 2.22. The van der Waals surface area contributed by atoms with Gasteiger partial charge >= 0.3 is 0 Å². The predicted octanol–water partition coefficient (Wildman–Crippen LogP) is 2.76. The Morgan fingerprint density at radius 3 is 2.50 bits per heavy atom. The quantitative estimate of drug-likeness (QED) is 0.829. The van der Waals surface area contributed by atoms with Gasteiger partial charge in [-0.2, -0.15) is 0 Å². The Hall–Kier alpha value is -1.51. The second-order valence-electron chi connectivity index (χ2n) is 4.90. The maximum Gasteiger partial charge on any atom is 0.234 e. The van der Waals surface area contributed by atoms with Crippen LogP contribution in [-0.4, -0.2) is 24.5 Å². The largest absolute Gasteiger partial charge is 0.300 e. The summed E-state index contributed by atoms with van der Waals surface area (Å²) in [6, 6.07) is 6.53. The van der Waals surface area contributed by atoms with E-state index in [-0.39, 0.29) is 27.0 Å². The third-order valence-electron chi connectivity index (χ3n) is 2.70. The van der Waals surface area contributed by atoms with Crippen molar-refractivity contribution in [1.29, 1.82) is 0 Å². The number of halogens is 1. The van der Waals surface area contributed by atoms with Gasteiger partial charge in [-0.15, -0.1) is 10.2 Å². The predicted molar refractivity (Wildman–Crippen MR) is 85.7 cm³/mol. The van der Waals surface area contributed by atoms with Gasteiger partial charge in [0, 0.05) is 10.9 Å².